The van der Waals surface area contributed by atoms with Crippen LogP contribution in [0.2, 0.25) is 0 Å². The number of rotatable bonds is 3. The van der Waals surface area contributed by atoms with Crippen LogP contribution in [0.25, 0.3) is 0 Å². The van der Waals surface area contributed by atoms with Gasteiger partial charge in [0.2, 0.25) is 0 Å². The molecule has 1 spiro atoms. The minimum Gasteiger partial charge on any atom is -0.497 e. The summed E-state index contributed by atoms with van der Waals surface area (Å²) < 4.78 is 11.0. The third kappa shape index (κ3) is 3.19. The molecule has 0 saturated heterocycles. The second-order valence-corrected chi connectivity index (χ2v) is 13.0. The molecular formula is C28H36N2O4S. The van der Waals surface area contributed by atoms with Gasteiger partial charge in [0.25, 0.3) is 0 Å². The number of hydrogen-bond donors (Lipinski definition) is 1. The zero-order chi connectivity index (χ0) is 24.6. The van der Waals surface area contributed by atoms with Crippen LogP contribution in [0.5, 0.6) is 11.5 Å². The van der Waals surface area contributed by atoms with Gasteiger partial charge in [0.1, 0.15) is 23.1 Å². The molecule has 1 aromatic carbocycles. The van der Waals surface area contributed by atoms with E-state index in [1.54, 1.807) is 26.0 Å². The molecule has 188 valence electrons. The lowest BCUT2D eigenvalue weighted by Crippen LogP contribution is -2.65. The van der Waals surface area contributed by atoms with Gasteiger partial charge >= 0.3 is 0 Å². The van der Waals surface area contributed by atoms with Crippen molar-refractivity contribution in [2.24, 2.45) is 33.6 Å². The van der Waals surface area contributed by atoms with Crippen molar-refractivity contribution in [1.29, 1.82) is 0 Å². The standard InChI is InChI=1S/C28H36N2O4S/c1-26-11-10-20-18(19(26)6-8-23(26)32)14-24-28(15-16(31)9-12-27(20,28)2)30-25(35-24)29-21-13-17(33-3)5-7-22(21)34-4/h5,7,13,18-20,24H,6,8-12,14-15H2,1-4H3,(H,29,30)/t18-,19-,20-,24-,26-,27+,28-/m0/s1. The number of fused-ring (bicyclic) bond motifs is 4. The lowest BCUT2D eigenvalue weighted by Gasteiger charge is -2.63. The summed E-state index contributed by atoms with van der Waals surface area (Å²) in [6.45, 7) is 4.65. The Morgan fingerprint density at radius 3 is 2.66 bits per heavy atom. The number of anilines is 1. The molecule has 7 heteroatoms. The molecule has 6 nitrogen and oxygen atoms in total. The number of nitrogens with zero attached hydrogens (tertiary/aromatic N) is 1. The summed E-state index contributed by atoms with van der Waals surface area (Å²) >= 11 is 1.79. The highest BCUT2D eigenvalue weighted by molar-refractivity contribution is 8.15. The molecule has 7 atom stereocenters. The average Bonchev–Trinajstić information content (AvgIpc) is 3.34. The Morgan fingerprint density at radius 2 is 1.89 bits per heavy atom. The molecule has 35 heavy (non-hydrogen) atoms. The van der Waals surface area contributed by atoms with E-state index in [1.165, 1.54) is 0 Å². The molecule has 0 radical (unpaired) electrons. The first-order chi connectivity index (χ1) is 16.7. The average molecular weight is 497 g/mol. The molecule has 4 fully saturated rings. The molecule has 5 aliphatic rings. The fraction of sp³-hybridized carbons (Fsp3) is 0.679. The van der Waals surface area contributed by atoms with Crippen LogP contribution in [0.15, 0.2) is 23.2 Å². The number of carbonyl (C=O) groups excluding carboxylic acids is 2. The van der Waals surface area contributed by atoms with E-state index in [2.05, 4.69) is 19.2 Å². The van der Waals surface area contributed by atoms with Crippen LogP contribution in [0, 0.1) is 28.6 Å². The fourth-order valence-electron chi connectivity index (χ4n) is 8.63. The summed E-state index contributed by atoms with van der Waals surface area (Å²) in [7, 11) is 3.32. The van der Waals surface area contributed by atoms with Gasteiger partial charge in [0, 0.05) is 36.0 Å². The Bertz CT molecular complexity index is 1120. The van der Waals surface area contributed by atoms with Gasteiger partial charge in [-0.1, -0.05) is 25.6 Å². The number of Topliss-reactive ketones (excluding diaryl/α,β-unsaturated/α-hetero) is 2. The third-order valence-corrected chi connectivity index (χ3v) is 11.8. The first kappa shape index (κ1) is 23.4. The second kappa shape index (κ2) is 7.99. The van der Waals surface area contributed by atoms with Crippen molar-refractivity contribution in [3.05, 3.63) is 18.2 Å². The molecule has 1 N–H and O–H groups in total. The van der Waals surface area contributed by atoms with Crippen molar-refractivity contribution >= 4 is 34.2 Å². The van der Waals surface area contributed by atoms with E-state index >= 15 is 0 Å². The number of ketones is 2. The molecule has 0 amide bonds. The molecule has 4 aliphatic carbocycles. The Labute approximate surface area is 212 Å². The van der Waals surface area contributed by atoms with Crippen LogP contribution >= 0.6 is 11.8 Å². The van der Waals surface area contributed by atoms with Gasteiger partial charge in [0.15, 0.2) is 5.17 Å². The van der Waals surface area contributed by atoms with Gasteiger partial charge in [-0.25, -0.2) is 0 Å². The molecule has 6 rings (SSSR count). The van der Waals surface area contributed by atoms with E-state index in [-0.39, 0.29) is 21.6 Å². The second-order valence-electron chi connectivity index (χ2n) is 11.8. The molecule has 1 aromatic rings. The largest absolute Gasteiger partial charge is 0.497 e. The van der Waals surface area contributed by atoms with Crippen molar-refractivity contribution < 1.29 is 19.1 Å². The molecule has 0 unspecified atom stereocenters. The van der Waals surface area contributed by atoms with Gasteiger partial charge in [-0.15, -0.1) is 0 Å². The summed E-state index contributed by atoms with van der Waals surface area (Å²) in [6.07, 6.45) is 6.97. The van der Waals surface area contributed by atoms with E-state index < -0.39 is 0 Å². The maximum Gasteiger partial charge on any atom is 0.162 e. The van der Waals surface area contributed by atoms with E-state index in [4.69, 9.17) is 14.5 Å². The molecule has 0 aromatic heterocycles. The lowest BCUT2D eigenvalue weighted by atomic mass is 9.42. The zero-order valence-corrected chi connectivity index (χ0v) is 22.0. The van der Waals surface area contributed by atoms with Crippen molar-refractivity contribution in [1.82, 2.24) is 0 Å². The predicted molar refractivity (Wildman–Crippen MR) is 138 cm³/mol. The topological polar surface area (TPSA) is 77.0 Å². The number of ether oxygens (including phenoxy) is 2. The quantitative estimate of drug-likeness (QED) is 0.595. The smallest absolute Gasteiger partial charge is 0.162 e. The molecule has 1 aliphatic heterocycles. The molecule has 4 saturated carbocycles. The van der Waals surface area contributed by atoms with E-state index in [9.17, 15) is 9.59 Å². The van der Waals surface area contributed by atoms with Crippen LogP contribution in [0.4, 0.5) is 5.69 Å². The molecule has 1 heterocycles. The maximum absolute atomic E-state index is 12.9. The number of nitrogens with one attached hydrogen (secondary N) is 1. The minimum atomic E-state index is -0.376. The van der Waals surface area contributed by atoms with Gasteiger partial charge in [-0.2, -0.15) is 0 Å². The van der Waals surface area contributed by atoms with E-state index in [0.717, 1.165) is 60.9 Å². The van der Waals surface area contributed by atoms with Gasteiger partial charge in [-0.05, 0) is 67.4 Å². The van der Waals surface area contributed by atoms with Crippen molar-refractivity contribution in [3.63, 3.8) is 0 Å². The lowest BCUT2D eigenvalue weighted by molar-refractivity contribution is -0.146. The Kier molecular flexibility index (Phi) is 5.34. The Morgan fingerprint density at radius 1 is 1.06 bits per heavy atom. The first-order valence-electron chi connectivity index (χ1n) is 13.0. The minimum absolute atomic E-state index is 0.0314. The van der Waals surface area contributed by atoms with Crippen LogP contribution in [-0.2, 0) is 9.59 Å². The number of thioether (sulfide) groups is 1. The van der Waals surface area contributed by atoms with Gasteiger partial charge in [0.05, 0.1) is 25.4 Å². The third-order valence-electron chi connectivity index (χ3n) is 10.6. The van der Waals surface area contributed by atoms with Gasteiger partial charge < -0.3 is 14.8 Å². The number of benzene rings is 1. The summed E-state index contributed by atoms with van der Waals surface area (Å²) in [4.78, 5) is 31.2. The Hall–Kier alpha value is -2.02. The van der Waals surface area contributed by atoms with E-state index in [0.29, 0.717) is 42.2 Å². The number of carbonyl (C=O) groups is 2. The van der Waals surface area contributed by atoms with Crippen LogP contribution in [0.3, 0.4) is 0 Å². The highest BCUT2D eigenvalue weighted by Crippen LogP contribution is 2.70. The van der Waals surface area contributed by atoms with Crippen molar-refractivity contribution in [2.45, 2.75) is 76.0 Å². The number of aliphatic imine (C=N–C) groups is 1. The first-order valence-corrected chi connectivity index (χ1v) is 13.9. The molecule has 0 bridgehead atoms. The van der Waals surface area contributed by atoms with Crippen LogP contribution < -0.4 is 14.8 Å². The van der Waals surface area contributed by atoms with Crippen LogP contribution in [0.1, 0.15) is 65.2 Å². The van der Waals surface area contributed by atoms with E-state index in [1.807, 2.05) is 18.2 Å². The van der Waals surface area contributed by atoms with Crippen molar-refractivity contribution in [2.75, 3.05) is 19.5 Å². The summed E-state index contributed by atoms with van der Waals surface area (Å²) in [5, 5.41) is 4.65. The fourth-order valence-corrected chi connectivity index (χ4v) is 10.2. The zero-order valence-electron chi connectivity index (χ0n) is 21.2. The highest BCUT2D eigenvalue weighted by Gasteiger charge is 2.69. The highest BCUT2D eigenvalue weighted by atomic mass is 32.2. The van der Waals surface area contributed by atoms with Crippen molar-refractivity contribution in [3.8, 4) is 11.5 Å². The summed E-state index contributed by atoms with van der Waals surface area (Å²) in [6, 6.07) is 5.71. The SMILES string of the molecule is COc1ccc(OC)c(NC2=N[C@]34CC(=O)CC[C@]3(C)[C@H]3CC[C@]5(C)C(=O)CC[C@H]5[C@@H]3C[C@@H]4S2)c1. The number of amidine groups is 1. The van der Waals surface area contributed by atoms with Gasteiger partial charge in [-0.3, -0.25) is 14.6 Å². The molecular weight excluding hydrogens is 460 g/mol. The predicted octanol–water partition coefficient (Wildman–Crippen LogP) is 5.50. The maximum atomic E-state index is 12.9. The normalized spacial score (nSPS) is 41.9. The van der Waals surface area contributed by atoms with Crippen LogP contribution in [-0.4, -0.2) is 41.7 Å². The number of methoxy groups -OCH3 is 2. The summed E-state index contributed by atoms with van der Waals surface area (Å²) in [5.74, 6) is 3.82. The summed E-state index contributed by atoms with van der Waals surface area (Å²) in [5.41, 5.74) is 0.264. The monoisotopic (exact) mass is 496 g/mol. The number of hydrogen-bond acceptors (Lipinski definition) is 7. The Balaban J connectivity index is 1.38.